The molecular formula is C19H19F2NO3. The van der Waals surface area contributed by atoms with E-state index in [2.05, 4.69) is 0 Å². The first-order valence-electron chi connectivity index (χ1n) is 8.14. The summed E-state index contributed by atoms with van der Waals surface area (Å²) < 4.78 is 33.5. The molecule has 0 radical (unpaired) electrons. The van der Waals surface area contributed by atoms with Crippen LogP contribution in [0.25, 0.3) is 0 Å². The summed E-state index contributed by atoms with van der Waals surface area (Å²) in [4.78, 5) is 12.7. The van der Waals surface area contributed by atoms with E-state index in [1.807, 2.05) is 6.92 Å². The van der Waals surface area contributed by atoms with Gasteiger partial charge in [0, 0.05) is 23.2 Å². The van der Waals surface area contributed by atoms with Crippen LogP contribution in [0.5, 0.6) is 5.75 Å². The van der Waals surface area contributed by atoms with E-state index in [-0.39, 0.29) is 24.2 Å². The smallest absolute Gasteiger partial charge is 0.408 e. The van der Waals surface area contributed by atoms with E-state index in [1.54, 1.807) is 30.3 Å². The fourth-order valence-corrected chi connectivity index (χ4v) is 3.26. The fraction of sp³-hybridized carbons (Fsp3) is 0.316. The van der Waals surface area contributed by atoms with E-state index in [9.17, 15) is 18.7 Å². The average Bonchev–Trinajstić information content (AvgIpc) is 2.96. The Hall–Kier alpha value is -2.63. The molecule has 6 heteroatoms. The van der Waals surface area contributed by atoms with Gasteiger partial charge in [-0.15, -0.1) is 0 Å². The number of likely N-dealkylation sites (tertiary alicyclic amines) is 1. The predicted molar refractivity (Wildman–Crippen MR) is 88.4 cm³/mol. The van der Waals surface area contributed by atoms with E-state index in [0.717, 1.165) is 0 Å². The molecule has 0 saturated carbocycles. The van der Waals surface area contributed by atoms with Crippen molar-refractivity contribution >= 4 is 6.09 Å². The summed E-state index contributed by atoms with van der Waals surface area (Å²) in [6.45, 7) is 1.81. The SMILES string of the molecule is CC1CC[C@H](c2ccc(OCc3ccccc3F)cc2F)N1C(=O)O. The lowest BCUT2D eigenvalue weighted by Crippen LogP contribution is -2.34. The maximum Gasteiger partial charge on any atom is 0.408 e. The molecule has 3 rings (SSSR count). The molecule has 1 unspecified atom stereocenters. The van der Waals surface area contributed by atoms with Gasteiger partial charge in [-0.25, -0.2) is 13.6 Å². The van der Waals surface area contributed by atoms with Crippen LogP contribution in [-0.4, -0.2) is 22.1 Å². The van der Waals surface area contributed by atoms with Gasteiger partial charge in [-0.3, -0.25) is 4.90 Å². The van der Waals surface area contributed by atoms with E-state index >= 15 is 0 Å². The number of halogens is 2. The highest BCUT2D eigenvalue weighted by molar-refractivity contribution is 5.66. The van der Waals surface area contributed by atoms with Crippen LogP contribution in [0.1, 0.15) is 36.9 Å². The maximum atomic E-state index is 14.5. The van der Waals surface area contributed by atoms with Gasteiger partial charge in [-0.05, 0) is 31.9 Å². The van der Waals surface area contributed by atoms with Gasteiger partial charge in [0.1, 0.15) is 24.0 Å². The molecule has 1 amide bonds. The second-order valence-corrected chi connectivity index (χ2v) is 6.20. The Morgan fingerprint density at radius 2 is 1.96 bits per heavy atom. The summed E-state index contributed by atoms with van der Waals surface area (Å²) in [6.07, 6.45) is 0.233. The summed E-state index contributed by atoms with van der Waals surface area (Å²) >= 11 is 0. The Balaban J connectivity index is 1.75. The van der Waals surface area contributed by atoms with Crippen LogP contribution >= 0.6 is 0 Å². The van der Waals surface area contributed by atoms with E-state index in [4.69, 9.17) is 4.74 Å². The quantitative estimate of drug-likeness (QED) is 0.868. The Morgan fingerprint density at radius 3 is 2.64 bits per heavy atom. The van der Waals surface area contributed by atoms with Crippen LogP contribution in [0, 0.1) is 11.6 Å². The molecule has 132 valence electrons. The molecule has 1 aliphatic heterocycles. The van der Waals surface area contributed by atoms with Gasteiger partial charge in [-0.1, -0.05) is 24.3 Å². The van der Waals surface area contributed by atoms with Crippen molar-refractivity contribution in [2.45, 2.75) is 38.5 Å². The largest absolute Gasteiger partial charge is 0.489 e. The number of carbonyl (C=O) groups is 1. The minimum atomic E-state index is -1.05. The van der Waals surface area contributed by atoms with Crippen LogP contribution in [0.15, 0.2) is 42.5 Å². The van der Waals surface area contributed by atoms with Gasteiger partial charge >= 0.3 is 6.09 Å². The third kappa shape index (κ3) is 3.57. The van der Waals surface area contributed by atoms with Gasteiger partial charge in [0.2, 0.25) is 0 Å². The highest BCUT2D eigenvalue weighted by atomic mass is 19.1. The lowest BCUT2D eigenvalue weighted by molar-refractivity contribution is 0.124. The van der Waals surface area contributed by atoms with Crippen LogP contribution in [0.4, 0.5) is 13.6 Å². The van der Waals surface area contributed by atoms with Crippen LogP contribution in [0.2, 0.25) is 0 Å². The molecule has 0 spiro atoms. The molecule has 0 bridgehead atoms. The lowest BCUT2D eigenvalue weighted by Gasteiger charge is -2.26. The Morgan fingerprint density at radius 1 is 1.20 bits per heavy atom. The summed E-state index contributed by atoms with van der Waals surface area (Å²) in [5, 5.41) is 9.34. The summed E-state index contributed by atoms with van der Waals surface area (Å²) in [6, 6.07) is 9.95. The zero-order chi connectivity index (χ0) is 18.0. The zero-order valence-corrected chi connectivity index (χ0v) is 13.8. The number of carboxylic acid groups (broad SMARTS) is 1. The molecule has 0 aromatic heterocycles. The predicted octanol–water partition coefficient (Wildman–Crippen LogP) is 4.75. The van der Waals surface area contributed by atoms with E-state index in [0.29, 0.717) is 24.0 Å². The summed E-state index contributed by atoms with van der Waals surface area (Å²) in [5.74, 6) is -0.620. The van der Waals surface area contributed by atoms with Gasteiger partial charge in [0.25, 0.3) is 0 Å². The molecule has 1 heterocycles. The molecular weight excluding hydrogens is 328 g/mol. The topological polar surface area (TPSA) is 49.8 Å². The van der Waals surface area contributed by atoms with Gasteiger partial charge < -0.3 is 9.84 Å². The van der Waals surface area contributed by atoms with Crippen LogP contribution in [0.3, 0.4) is 0 Å². The van der Waals surface area contributed by atoms with Gasteiger partial charge in [0.15, 0.2) is 0 Å². The number of hydrogen-bond acceptors (Lipinski definition) is 2. The first-order chi connectivity index (χ1) is 12.0. The number of hydrogen-bond donors (Lipinski definition) is 1. The first kappa shape index (κ1) is 17.2. The number of nitrogens with zero attached hydrogens (tertiary/aromatic N) is 1. The first-order valence-corrected chi connectivity index (χ1v) is 8.14. The molecule has 1 saturated heterocycles. The van der Waals surface area contributed by atoms with Crippen molar-refractivity contribution in [2.75, 3.05) is 0 Å². The standard InChI is InChI=1S/C19H19F2NO3/c1-12-6-9-18(22(12)19(23)24)15-8-7-14(10-17(15)21)25-11-13-4-2-3-5-16(13)20/h2-5,7-8,10,12,18H,6,9,11H2,1H3,(H,23,24)/t12?,18-/m1/s1. The minimum absolute atomic E-state index is 0.00677. The van der Waals surface area contributed by atoms with Crippen molar-refractivity contribution in [3.63, 3.8) is 0 Å². The molecule has 2 aromatic carbocycles. The summed E-state index contributed by atoms with van der Waals surface area (Å²) in [7, 11) is 0. The zero-order valence-electron chi connectivity index (χ0n) is 13.8. The minimum Gasteiger partial charge on any atom is -0.489 e. The van der Waals surface area contributed by atoms with E-state index < -0.39 is 18.0 Å². The molecule has 25 heavy (non-hydrogen) atoms. The Labute approximate surface area is 144 Å². The molecule has 0 aliphatic carbocycles. The Kier molecular flexibility index (Phi) is 4.88. The number of amides is 1. The monoisotopic (exact) mass is 347 g/mol. The van der Waals surface area contributed by atoms with Crippen molar-refractivity contribution in [3.05, 3.63) is 65.2 Å². The number of ether oxygens (including phenoxy) is 1. The molecule has 2 atom stereocenters. The molecule has 1 N–H and O–H groups in total. The molecule has 4 nitrogen and oxygen atoms in total. The van der Waals surface area contributed by atoms with Gasteiger partial charge in [0.05, 0.1) is 6.04 Å². The molecule has 2 aromatic rings. The second-order valence-electron chi connectivity index (χ2n) is 6.20. The van der Waals surface area contributed by atoms with Crippen molar-refractivity contribution in [3.8, 4) is 5.75 Å². The van der Waals surface area contributed by atoms with Crippen LogP contribution in [-0.2, 0) is 6.61 Å². The summed E-state index contributed by atoms with van der Waals surface area (Å²) in [5.41, 5.74) is 0.721. The second kappa shape index (κ2) is 7.09. The Bertz CT molecular complexity index is 781. The highest BCUT2D eigenvalue weighted by Gasteiger charge is 2.36. The number of benzene rings is 2. The van der Waals surface area contributed by atoms with Gasteiger partial charge in [-0.2, -0.15) is 0 Å². The third-order valence-corrected chi connectivity index (χ3v) is 4.57. The highest BCUT2D eigenvalue weighted by Crippen LogP contribution is 2.38. The number of rotatable bonds is 4. The van der Waals surface area contributed by atoms with Crippen molar-refractivity contribution in [2.24, 2.45) is 0 Å². The molecule has 1 aliphatic rings. The lowest BCUT2D eigenvalue weighted by atomic mass is 10.0. The average molecular weight is 347 g/mol. The van der Waals surface area contributed by atoms with Crippen molar-refractivity contribution in [1.82, 2.24) is 4.90 Å². The third-order valence-electron chi connectivity index (χ3n) is 4.57. The molecule has 1 fully saturated rings. The van der Waals surface area contributed by atoms with E-state index in [1.165, 1.54) is 17.0 Å². The normalized spacial score (nSPS) is 19.9. The maximum absolute atomic E-state index is 14.5. The van der Waals surface area contributed by atoms with Crippen molar-refractivity contribution < 1.29 is 23.4 Å². The van der Waals surface area contributed by atoms with Crippen LogP contribution < -0.4 is 4.74 Å². The fourth-order valence-electron chi connectivity index (χ4n) is 3.26. The van der Waals surface area contributed by atoms with Crippen molar-refractivity contribution in [1.29, 1.82) is 0 Å².